The molecule has 0 saturated carbocycles. The van der Waals surface area contributed by atoms with Crippen LogP contribution in [0.5, 0.6) is 0 Å². The second-order valence-corrected chi connectivity index (χ2v) is 4.21. The van der Waals surface area contributed by atoms with Crippen LogP contribution >= 0.6 is 0 Å². The Morgan fingerprint density at radius 1 is 1.10 bits per heavy atom. The number of hydrogen-bond donors (Lipinski definition) is 2. The van der Waals surface area contributed by atoms with Gasteiger partial charge in [-0.3, -0.25) is 0 Å². The summed E-state index contributed by atoms with van der Waals surface area (Å²) >= 11 is 0. The Bertz CT molecular complexity index is 639. The number of nitrogens with zero attached hydrogens (tertiary/aromatic N) is 3. The van der Waals surface area contributed by atoms with Crippen LogP contribution in [0, 0.1) is 13.8 Å². The van der Waals surface area contributed by atoms with Crippen LogP contribution in [0.1, 0.15) is 17.0 Å². The van der Waals surface area contributed by atoms with Crippen LogP contribution in [-0.4, -0.2) is 15.0 Å². The normalized spacial score (nSPS) is 11.4. The average Bonchev–Trinajstić information content (AvgIpc) is 2.33. The molecule has 0 aliphatic heterocycles. The fourth-order valence-corrected chi connectivity index (χ4v) is 1.58. The fraction of sp³-hybridized carbons (Fsp3) is 0.250. The molecule has 0 bridgehead atoms. The molecule has 0 aliphatic carbocycles. The van der Waals surface area contributed by atoms with E-state index in [0.29, 0.717) is 5.69 Å². The third-order valence-corrected chi connectivity index (χ3v) is 2.76. The molecular weight excluding hydrogens is 271 g/mol. The summed E-state index contributed by atoms with van der Waals surface area (Å²) in [5.41, 5.74) is 7.77. The molecule has 0 radical (unpaired) electrons. The van der Waals surface area contributed by atoms with Crippen molar-refractivity contribution in [2.24, 2.45) is 0 Å². The lowest BCUT2D eigenvalue weighted by atomic mass is 10.1. The molecular formula is C12H12F3N5. The Kier molecular flexibility index (Phi) is 3.47. The highest BCUT2D eigenvalue weighted by molar-refractivity contribution is 5.60. The number of halogens is 3. The largest absolute Gasteiger partial charge is 0.451 e. The topological polar surface area (TPSA) is 76.7 Å². The molecule has 2 rings (SSSR count). The van der Waals surface area contributed by atoms with E-state index in [0.717, 1.165) is 11.1 Å². The minimum Gasteiger partial charge on any atom is -0.368 e. The minimum absolute atomic E-state index is 0.237. The Morgan fingerprint density at radius 3 is 2.45 bits per heavy atom. The zero-order valence-corrected chi connectivity index (χ0v) is 10.8. The number of nitrogens with two attached hydrogens (primary N) is 1. The maximum Gasteiger partial charge on any atom is 0.451 e. The van der Waals surface area contributed by atoms with Gasteiger partial charge in [0.15, 0.2) is 0 Å². The maximum atomic E-state index is 12.6. The first-order valence-corrected chi connectivity index (χ1v) is 5.69. The predicted molar refractivity (Wildman–Crippen MR) is 68.4 cm³/mol. The van der Waals surface area contributed by atoms with E-state index in [1.807, 2.05) is 19.9 Å². The number of aryl methyl sites for hydroxylation is 1. The van der Waals surface area contributed by atoms with Crippen molar-refractivity contribution in [3.05, 3.63) is 35.2 Å². The second-order valence-electron chi connectivity index (χ2n) is 4.21. The van der Waals surface area contributed by atoms with E-state index < -0.39 is 17.9 Å². The smallest absolute Gasteiger partial charge is 0.368 e. The summed E-state index contributed by atoms with van der Waals surface area (Å²) in [7, 11) is 0. The third-order valence-electron chi connectivity index (χ3n) is 2.76. The number of hydrogen-bond acceptors (Lipinski definition) is 5. The van der Waals surface area contributed by atoms with Crippen molar-refractivity contribution < 1.29 is 13.2 Å². The van der Waals surface area contributed by atoms with Gasteiger partial charge in [-0.15, -0.1) is 0 Å². The van der Waals surface area contributed by atoms with Crippen molar-refractivity contribution in [1.29, 1.82) is 0 Å². The van der Waals surface area contributed by atoms with E-state index in [9.17, 15) is 13.2 Å². The van der Waals surface area contributed by atoms with Gasteiger partial charge in [-0.05, 0) is 31.0 Å². The monoisotopic (exact) mass is 283 g/mol. The zero-order chi connectivity index (χ0) is 14.9. The number of rotatable bonds is 2. The zero-order valence-electron chi connectivity index (χ0n) is 10.8. The lowest BCUT2D eigenvalue weighted by Crippen LogP contribution is -2.15. The van der Waals surface area contributed by atoms with E-state index in [-0.39, 0.29) is 5.95 Å². The third kappa shape index (κ3) is 2.95. The van der Waals surface area contributed by atoms with Crippen molar-refractivity contribution in [2.75, 3.05) is 11.1 Å². The summed E-state index contributed by atoms with van der Waals surface area (Å²) in [6, 6.07) is 5.39. The van der Waals surface area contributed by atoms with E-state index in [1.165, 1.54) is 0 Å². The number of alkyl halides is 3. The van der Waals surface area contributed by atoms with Crippen molar-refractivity contribution >= 4 is 17.6 Å². The first-order valence-electron chi connectivity index (χ1n) is 5.69. The summed E-state index contributed by atoms with van der Waals surface area (Å²) in [6.45, 7) is 3.73. The van der Waals surface area contributed by atoms with E-state index in [4.69, 9.17) is 5.73 Å². The SMILES string of the molecule is Cc1cccc(Nc2nc(N)nc(C(F)(F)F)n2)c1C. The molecule has 2 aromatic rings. The number of anilines is 3. The quantitative estimate of drug-likeness (QED) is 0.886. The predicted octanol–water partition coefficient (Wildman–Crippen LogP) is 2.83. The lowest BCUT2D eigenvalue weighted by molar-refractivity contribution is -0.144. The van der Waals surface area contributed by atoms with E-state index in [2.05, 4.69) is 20.3 Å². The van der Waals surface area contributed by atoms with Gasteiger partial charge in [0.1, 0.15) is 0 Å². The molecule has 5 nitrogen and oxygen atoms in total. The average molecular weight is 283 g/mol. The molecule has 1 heterocycles. The van der Waals surface area contributed by atoms with Crippen LogP contribution in [0.3, 0.4) is 0 Å². The molecule has 0 atom stereocenters. The van der Waals surface area contributed by atoms with Gasteiger partial charge in [0.25, 0.3) is 0 Å². The Morgan fingerprint density at radius 2 is 1.80 bits per heavy atom. The van der Waals surface area contributed by atoms with Crippen LogP contribution in [0.15, 0.2) is 18.2 Å². The van der Waals surface area contributed by atoms with Crippen LogP contribution in [0.25, 0.3) is 0 Å². The lowest BCUT2D eigenvalue weighted by Gasteiger charge is -2.11. The van der Waals surface area contributed by atoms with Gasteiger partial charge < -0.3 is 11.1 Å². The maximum absolute atomic E-state index is 12.6. The number of benzene rings is 1. The highest BCUT2D eigenvalue weighted by Gasteiger charge is 2.35. The molecule has 0 saturated heterocycles. The standard InChI is InChI=1S/C12H12F3N5/c1-6-4-3-5-8(7(6)2)17-11-19-9(12(13,14)15)18-10(16)20-11/h3-5H,1-2H3,(H3,16,17,18,19,20). The molecule has 1 aromatic carbocycles. The first kappa shape index (κ1) is 14.0. The highest BCUT2D eigenvalue weighted by Crippen LogP contribution is 2.28. The molecule has 0 fully saturated rings. The van der Waals surface area contributed by atoms with Crippen molar-refractivity contribution in [3.8, 4) is 0 Å². The second kappa shape index (κ2) is 4.95. The van der Waals surface area contributed by atoms with Gasteiger partial charge in [0, 0.05) is 5.69 Å². The fourth-order valence-electron chi connectivity index (χ4n) is 1.58. The van der Waals surface area contributed by atoms with E-state index >= 15 is 0 Å². The van der Waals surface area contributed by atoms with Crippen LogP contribution in [0.4, 0.5) is 30.8 Å². The van der Waals surface area contributed by atoms with Gasteiger partial charge >= 0.3 is 6.18 Å². The first-order chi connectivity index (χ1) is 9.27. The summed E-state index contributed by atoms with van der Waals surface area (Å²) in [6.07, 6.45) is -4.67. The van der Waals surface area contributed by atoms with Gasteiger partial charge in [-0.2, -0.15) is 28.1 Å². The van der Waals surface area contributed by atoms with Crippen molar-refractivity contribution in [2.45, 2.75) is 20.0 Å². The van der Waals surface area contributed by atoms with Crippen LogP contribution in [0.2, 0.25) is 0 Å². The summed E-state index contributed by atoms with van der Waals surface area (Å²) in [5, 5.41) is 2.72. The van der Waals surface area contributed by atoms with Crippen molar-refractivity contribution in [1.82, 2.24) is 15.0 Å². The molecule has 3 N–H and O–H groups in total. The van der Waals surface area contributed by atoms with E-state index in [1.54, 1.807) is 12.1 Å². The summed E-state index contributed by atoms with van der Waals surface area (Å²) in [5.74, 6) is -2.04. The van der Waals surface area contributed by atoms with Crippen molar-refractivity contribution in [3.63, 3.8) is 0 Å². The van der Waals surface area contributed by atoms with Gasteiger partial charge in [0.2, 0.25) is 17.7 Å². The van der Waals surface area contributed by atoms with Gasteiger partial charge in [-0.1, -0.05) is 12.1 Å². The molecule has 1 aromatic heterocycles. The van der Waals surface area contributed by atoms with Gasteiger partial charge in [0.05, 0.1) is 0 Å². The molecule has 8 heteroatoms. The molecule has 0 aliphatic rings. The minimum atomic E-state index is -4.67. The molecule has 106 valence electrons. The summed E-state index contributed by atoms with van der Waals surface area (Å²) in [4.78, 5) is 10.1. The van der Waals surface area contributed by atoms with Crippen LogP contribution < -0.4 is 11.1 Å². The number of nitrogen functional groups attached to an aromatic ring is 1. The van der Waals surface area contributed by atoms with Gasteiger partial charge in [-0.25, -0.2) is 0 Å². The molecule has 0 spiro atoms. The molecule has 20 heavy (non-hydrogen) atoms. The number of nitrogens with one attached hydrogen (secondary N) is 1. The number of aromatic nitrogens is 3. The molecule has 0 unspecified atom stereocenters. The molecule has 0 amide bonds. The highest BCUT2D eigenvalue weighted by atomic mass is 19.4. The van der Waals surface area contributed by atoms with Crippen LogP contribution in [-0.2, 0) is 6.18 Å². The Balaban J connectivity index is 2.39. The Hall–Kier alpha value is -2.38. The Labute approximate surface area is 113 Å². The summed E-state index contributed by atoms with van der Waals surface area (Å²) < 4.78 is 37.8.